The Morgan fingerprint density at radius 2 is 0.854 bits per heavy atom. The Balaban J connectivity index is 4.47. The highest BCUT2D eigenvalue weighted by Gasteiger charge is 2.55. The smallest absolute Gasteiger partial charge is 0.394 e. The van der Waals surface area contributed by atoms with Gasteiger partial charge in [-0.15, -0.1) is 0 Å². The molecule has 9 heteroatoms. The topological polar surface area (TPSA) is 141 Å². The SMILES string of the molecule is CCCCCCCC/C=C\CCCCCCCC(=O)C(OP(=O)(O)O)(C(=O)CCCCCCCCCCCCCCCCC)C(O)CO. The molecule has 0 rings (SSSR count). The zero-order chi connectivity index (χ0) is 35.8. The maximum absolute atomic E-state index is 13.3. The molecule has 0 fully saturated rings. The fourth-order valence-electron chi connectivity index (χ4n) is 6.39. The van der Waals surface area contributed by atoms with Crippen molar-refractivity contribution in [2.24, 2.45) is 0 Å². The summed E-state index contributed by atoms with van der Waals surface area (Å²) in [6, 6.07) is 0. The number of carbonyl (C=O) groups is 2. The van der Waals surface area contributed by atoms with Gasteiger partial charge in [-0.05, 0) is 38.5 Å². The van der Waals surface area contributed by atoms with E-state index >= 15 is 0 Å². The molecule has 0 heterocycles. The van der Waals surface area contributed by atoms with E-state index in [9.17, 15) is 34.2 Å². The van der Waals surface area contributed by atoms with Gasteiger partial charge in [0, 0.05) is 12.8 Å². The van der Waals surface area contributed by atoms with Gasteiger partial charge >= 0.3 is 7.82 Å². The monoisotopic (exact) mass is 703 g/mol. The average molecular weight is 703 g/mol. The molecule has 0 radical (unpaired) electrons. The fourth-order valence-corrected chi connectivity index (χ4v) is 7.09. The Bertz CT molecular complexity index is 842. The summed E-state index contributed by atoms with van der Waals surface area (Å²) in [5.41, 5.74) is -2.76. The van der Waals surface area contributed by atoms with Crippen LogP contribution in [0.25, 0.3) is 0 Å². The second-order valence-electron chi connectivity index (χ2n) is 13.9. The molecule has 0 aliphatic carbocycles. The van der Waals surface area contributed by atoms with E-state index < -0.39 is 37.7 Å². The lowest BCUT2D eigenvalue weighted by atomic mass is 9.82. The van der Waals surface area contributed by atoms with Gasteiger partial charge in [0.25, 0.3) is 0 Å². The summed E-state index contributed by atoms with van der Waals surface area (Å²) >= 11 is 0. The number of aliphatic hydroxyl groups is 2. The van der Waals surface area contributed by atoms with Crippen molar-refractivity contribution in [1.82, 2.24) is 0 Å². The lowest BCUT2D eigenvalue weighted by Gasteiger charge is -2.34. The van der Waals surface area contributed by atoms with E-state index in [-0.39, 0.29) is 12.8 Å². The summed E-state index contributed by atoms with van der Waals surface area (Å²) in [6.07, 6.45) is 33.4. The summed E-state index contributed by atoms with van der Waals surface area (Å²) in [4.78, 5) is 45.8. The first kappa shape index (κ1) is 47.1. The average Bonchev–Trinajstić information content (AvgIpc) is 3.06. The van der Waals surface area contributed by atoms with E-state index in [0.29, 0.717) is 19.3 Å². The Hall–Kier alpha value is -0.890. The third kappa shape index (κ3) is 25.1. The quantitative estimate of drug-likeness (QED) is 0.0217. The Kier molecular flexibility index (Phi) is 31.5. The maximum Gasteiger partial charge on any atom is 0.471 e. The van der Waals surface area contributed by atoms with Crippen LogP contribution in [0.2, 0.25) is 0 Å². The lowest BCUT2D eigenvalue weighted by Crippen LogP contribution is -2.58. The third-order valence-corrected chi connectivity index (χ3v) is 9.93. The standard InChI is InChI=1S/C39H75O8P/c1-3-5-7-9-11-13-15-17-19-21-23-25-27-29-31-33-36(41)39(38(43)35-40,47-48(44,45)46)37(42)34-32-30-28-26-24-22-20-18-16-14-12-10-8-6-4-2/h17,19,38,40,43H,3-16,18,20-35H2,1-2H3,(H2,44,45,46)/b19-17-. The number of ketones is 2. The Morgan fingerprint density at radius 3 is 1.15 bits per heavy atom. The second kappa shape index (κ2) is 32.0. The van der Waals surface area contributed by atoms with Crippen LogP contribution in [0, 0.1) is 0 Å². The van der Waals surface area contributed by atoms with Gasteiger partial charge < -0.3 is 20.0 Å². The van der Waals surface area contributed by atoms with E-state index in [0.717, 1.165) is 57.8 Å². The summed E-state index contributed by atoms with van der Waals surface area (Å²) < 4.78 is 16.7. The molecular formula is C39H75O8P. The summed E-state index contributed by atoms with van der Waals surface area (Å²) in [5.74, 6) is -1.75. The molecule has 0 aromatic heterocycles. The third-order valence-electron chi connectivity index (χ3n) is 9.41. The van der Waals surface area contributed by atoms with E-state index in [4.69, 9.17) is 4.52 Å². The van der Waals surface area contributed by atoms with Crippen molar-refractivity contribution >= 4 is 19.4 Å². The molecular weight excluding hydrogens is 627 g/mol. The van der Waals surface area contributed by atoms with E-state index in [1.807, 2.05) is 0 Å². The lowest BCUT2D eigenvalue weighted by molar-refractivity contribution is -0.164. The minimum absolute atomic E-state index is 0.159. The van der Waals surface area contributed by atoms with Crippen LogP contribution in [0.4, 0.5) is 0 Å². The maximum atomic E-state index is 13.3. The number of hydrogen-bond donors (Lipinski definition) is 4. The van der Waals surface area contributed by atoms with Crippen LogP contribution in [0.3, 0.4) is 0 Å². The molecule has 284 valence electrons. The van der Waals surface area contributed by atoms with E-state index in [1.54, 1.807) is 0 Å². The van der Waals surface area contributed by atoms with Crippen molar-refractivity contribution in [2.75, 3.05) is 6.61 Å². The second-order valence-corrected chi connectivity index (χ2v) is 15.1. The molecule has 2 atom stereocenters. The van der Waals surface area contributed by atoms with Crippen molar-refractivity contribution in [3.63, 3.8) is 0 Å². The van der Waals surface area contributed by atoms with Crippen molar-refractivity contribution in [1.29, 1.82) is 0 Å². The molecule has 4 N–H and O–H groups in total. The number of phosphoric ester groups is 1. The first-order valence-electron chi connectivity index (χ1n) is 19.9. The molecule has 0 aromatic rings. The number of phosphoric acid groups is 1. The predicted octanol–water partition coefficient (Wildman–Crippen LogP) is 10.6. The Labute approximate surface area is 294 Å². The number of rotatable bonds is 37. The van der Waals surface area contributed by atoms with Gasteiger partial charge in [0.1, 0.15) is 6.10 Å². The van der Waals surface area contributed by atoms with Crippen LogP contribution in [0.1, 0.15) is 206 Å². The van der Waals surface area contributed by atoms with Crippen LogP contribution in [0.5, 0.6) is 0 Å². The Morgan fingerprint density at radius 1 is 0.562 bits per heavy atom. The van der Waals surface area contributed by atoms with E-state index in [2.05, 4.69) is 26.0 Å². The first-order valence-corrected chi connectivity index (χ1v) is 21.5. The van der Waals surface area contributed by atoms with Crippen LogP contribution in [-0.2, 0) is 18.7 Å². The summed E-state index contributed by atoms with van der Waals surface area (Å²) in [7, 11) is -5.33. The normalized spacial score (nSPS) is 14.0. The van der Waals surface area contributed by atoms with Crippen molar-refractivity contribution in [2.45, 2.75) is 218 Å². The van der Waals surface area contributed by atoms with Gasteiger partial charge in [-0.2, -0.15) is 0 Å². The van der Waals surface area contributed by atoms with Gasteiger partial charge in [-0.3, -0.25) is 14.1 Å². The van der Waals surface area contributed by atoms with Crippen molar-refractivity contribution in [3.05, 3.63) is 12.2 Å². The first-order chi connectivity index (χ1) is 23.2. The molecule has 0 spiro atoms. The van der Waals surface area contributed by atoms with Crippen LogP contribution in [-0.4, -0.2) is 49.9 Å². The van der Waals surface area contributed by atoms with Crippen LogP contribution in [0.15, 0.2) is 12.2 Å². The highest BCUT2D eigenvalue weighted by molar-refractivity contribution is 7.46. The molecule has 0 bridgehead atoms. The molecule has 0 saturated carbocycles. The minimum atomic E-state index is -5.33. The number of allylic oxidation sites excluding steroid dienone is 2. The number of carbonyl (C=O) groups excluding carboxylic acids is 2. The number of Topliss-reactive ketones (excluding diaryl/α,β-unsaturated/α-hetero) is 2. The molecule has 0 aromatic carbocycles. The van der Waals surface area contributed by atoms with Gasteiger partial charge in [-0.1, -0.05) is 167 Å². The minimum Gasteiger partial charge on any atom is -0.394 e. The molecule has 8 nitrogen and oxygen atoms in total. The van der Waals surface area contributed by atoms with Crippen molar-refractivity contribution in [3.8, 4) is 0 Å². The molecule has 0 aliphatic rings. The van der Waals surface area contributed by atoms with E-state index in [1.165, 1.54) is 103 Å². The molecule has 48 heavy (non-hydrogen) atoms. The highest BCUT2D eigenvalue weighted by atomic mass is 31.2. The highest BCUT2D eigenvalue weighted by Crippen LogP contribution is 2.44. The van der Waals surface area contributed by atoms with Crippen molar-refractivity contribution < 1.29 is 38.7 Å². The number of unbranched alkanes of at least 4 members (excludes halogenated alkanes) is 25. The number of aliphatic hydroxyl groups excluding tert-OH is 2. The molecule has 0 saturated heterocycles. The zero-order valence-electron chi connectivity index (χ0n) is 31.0. The fraction of sp³-hybridized carbons (Fsp3) is 0.897. The van der Waals surface area contributed by atoms with Crippen LogP contribution >= 0.6 is 7.82 Å². The molecule has 0 aliphatic heterocycles. The van der Waals surface area contributed by atoms with Gasteiger partial charge in [0.15, 0.2) is 11.6 Å². The predicted molar refractivity (Wildman–Crippen MR) is 198 cm³/mol. The zero-order valence-corrected chi connectivity index (χ0v) is 31.9. The summed E-state index contributed by atoms with van der Waals surface area (Å²) in [5, 5.41) is 20.2. The summed E-state index contributed by atoms with van der Waals surface area (Å²) in [6.45, 7) is 3.44. The van der Waals surface area contributed by atoms with Gasteiger partial charge in [-0.25, -0.2) is 4.57 Å². The molecule has 2 unspecified atom stereocenters. The van der Waals surface area contributed by atoms with Gasteiger partial charge in [0.2, 0.25) is 5.60 Å². The molecule has 0 amide bonds. The van der Waals surface area contributed by atoms with Gasteiger partial charge in [0.05, 0.1) is 6.61 Å². The van der Waals surface area contributed by atoms with Crippen LogP contribution < -0.4 is 0 Å². The number of hydrogen-bond acceptors (Lipinski definition) is 6. The largest absolute Gasteiger partial charge is 0.471 e.